The number of hydrogen-bond acceptors (Lipinski definition) is 6. The van der Waals surface area contributed by atoms with E-state index >= 15 is 0 Å². The lowest BCUT2D eigenvalue weighted by atomic mass is 10.1. The van der Waals surface area contributed by atoms with Crippen molar-refractivity contribution in [2.45, 2.75) is 32.2 Å². The first kappa shape index (κ1) is 25.4. The average molecular weight is 467 g/mol. The molecule has 1 heterocycles. The Hall–Kier alpha value is -3.23. The fourth-order valence-corrected chi connectivity index (χ4v) is 3.84. The number of unbranched alkanes of at least 4 members (excludes halogenated alkanes) is 1. The van der Waals surface area contributed by atoms with Crippen LogP contribution in [0.3, 0.4) is 0 Å². The molecule has 2 amide bonds. The van der Waals surface area contributed by atoms with Gasteiger partial charge in [-0.15, -0.1) is 0 Å². The Kier molecular flexibility index (Phi) is 10.5. The van der Waals surface area contributed by atoms with Crippen molar-refractivity contribution in [1.82, 2.24) is 15.6 Å². The van der Waals surface area contributed by atoms with E-state index < -0.39 is 0 Å². The molecule has 1 saturated heterocycles. The Morgan fingerprint density at radius 3 is 2.59 bits per heavy atom. The molecule has 1 aliphatic heterocycles. The maximum absolute atomic E-state index is 13.0. The summed E-state index contributed by atoms with van der Waals surface area (Å²) in [4.78, 5) is 27.3. The van der Waals surface area contributed by atoms with Gasteiger partial charge in [0.25, 0.3) is 11.8 Å². The molecule has 0 radical (unpaired) electrons. The first-order chi connectivity index (χ1) is 16.7. The van der Waals surface area contributed by atoms with Crippen LogP contribution in [0.5, 0.6) is 5.75 Å². The maximum Gasteiger partial charge on any atom is 0.257 e. The van der Waals surface area contributed by atoms with Crippen molar-refractivity contribution in [1.29, 1.82) is 0 Å². The third-order valence-corrected chi connectivity index (χ3v) is 5.61. The highest BCUT2D eigenvalue weighted by atomic mass is 16.5. The highest BCUT2D eigenvalue weighted by Crippen LogP contribution is 2.16. The molecule has 1 fully saturated rings. The summed E-state index contributed by atoms with van der Waals surface area (Å²) in [7, 11) is 0. The van der Waals surface area contributed by atoms with Crippen LogP contribution in [0.2, 0.25) is 0 Å². The zero-order valence-electron chi connectivity index (χ0n) is 19.7. The molecule has 2 N–H and O–H groups in total. The molecule has 0 unspecified atom stereocenters. The van der Waals surface area contributed by atoms with Crippen LogP contribution in [0.15, 0.2) is 59.7 Å². The minimum Gasteiger partial charge on any atom is -0.493 e. The molecule has 2 aromatic carbocycles. The van der Waals surface area contributed by atoms with Crippen molar-refractivity contribution in [2.75, 3.05) is 39.5 Å². The van der Waals surface area contributed by atoms with Crippen LogP contribution < -0.4 is 15.5 Å². The number of nitrogens with zero attached hydrogens (tertiary/aromatic N) is 2. The van der Waals surface area contributed by atoms with E-state index in [2.05, 4.69) is 20.7 Å². The molecular formula is C26H34N4O4. The molecule has 3 rings (SSSR count). The molecule has 8 heteroatoms. The lowest BCUT2D eigenvalue weighted by Gasteiger charge is -2.33. The number of morpholine rings is 1. The van der Waals surface area contributed by atoms with Gasteiger partial charge in [-0.3, -0.25) is 14.5 Å². The van der Waals surface area contributed by atoms with Gasteiger partial charge in [-0.25, -0.2) is 5.43 Å². The van der Waals surface area contributed by atoms with Crippen molar-refractivity contribution < 1.29 is 19.1 Å². The second-order valence-electron chi connectivity index (χ2n) is 7.99. The molecule has 0 spiro atoms. The Morgan fingerprint density at radius 1 is 1.09 bits per heavy atom. The summed E-state index contributed by atoms with van der Waals surface area (Å²) >= 11 is 0. The van der Waals surface area contributed by atoms with Crippen LogP contribution in [-0.4, -0.2) is 68.4 Å². The molecular weight excluding hydrogens is 432 g/mol. The molecule has 1 atom stereocenters. The van der Waals surface area contributed by atoms with Gasteiger partial charge < -0.3 is 14.8 Å². The van der Waals surface area contributed by atoms with E-state index in [4.69, 9.17) is 9.47 Å². The molecule has 0 saturated carbocycles. The number of carbonyl (C=O) groups excluding carboxylic acids is 2. The molecule has 8 nitrogen and oxygen atoms in total. The van der Waals surface area contributed by atoms with Gasteiger partial charge in [0.2, 0.25) is 0 Å². The van der Waals surface area contributed by atoms with E-state index in [0.29, 0.717) is 51.4 Å². The monoisotopic (exact) mass is 466 g/mol. The first-order valence-corrected chi connectivity index (χ1v) is 11.9. The number of benzene rings is 2. The molecule has 34 heavy (non-hydrogen) atoms. The Balaban J connectivity index is 1.50. The van der Waals surface area contributed by atoms with Crippen LogP contribution in [0.25, 0.3) is 0 Å². The average Bonchev–Trinajstić information content (AvgIpc) is 2.88. The van der Waals surface area contributed by atoms with Gasteiger partial charge in [0.15, 0.2) is 0 Å². The van der Waals surface area contributed by atoms with Gasteiger partial charge in [0, 0.05) is 30.8 Å². The third kappa shape index (κ3) is 7.97. The van der Waals surface area contributed by atoms with E-state index in [1.54, 1.807) is 18.3 Å². The van der Waals surface area contributed by atoms with Crippen LogP contribution in [0.4, 0.5) is 0 Å². The maximum atomic E-state index is 13.0. The first-order valence-electron chi connectivity index (χ1n) is 11.9. The highest BCUT2D eigenvalue weighted by molar-refractivity contribution is 5.94. The van der Waals surface area contributed by atoms with Crippen molar-refractivity contribution in [2.24, 2.45) is 5.10 Å². The van der Waals surface area contributed by atoms with Crippen LogP contribution in [-0.2, 0) is 9.53 Å². The molecule has 0 aliphatic carbocycles. The van der Waals surface area contributed by atoms with E-state index in [-0.39, 0.29) is 17.9 Å². The van der Waals surface area contributed by atoms with Gasteiger partial charge in [-0.1, -0.05) is 30.3 Å². The summed E-state index contributed by atoms with van der Waals surface area (Å²) < 4.78 is 11.1. The quantitative estimate of drug-likeness (QED) is 0.285. The van der Waals surface area contributed by atoms with Crippen molar-refractivity contribution in [3.8, 4) is 5.75 Å². The fourth-order valence-electron chi connectivity index (χ4n) is 3.84. The van der Waals surface area contributed by atoms with Crippen LogP contribution in [0.1, 0.15) is 42.1 Å². The number of carbonyl (C=O) groups is 2. The van der Waals surface area contributed by atoms with E-state index in [1.807, 2.05) is 49.4 Å². The number of hydrazone groups is 1. The summed E-state index contributed by atoms with van der Waals surface area (Å²) in [5.41, 5.74) is 4.16. The summed E-state index contributed by atoms with van der Waals surface area (Å²) in [5.74, 6) is 0.510. The van der Waals surface area contributed by atoms with Gasteiger partial charge in [-0.2, -0.15) is 5.10 Å². The van der Waals surface area contributed by atoms with Crippen molar-refractivity contribution in [3.05, 3.63) is 65.7 Å². The van der Waals surface area contributed by atoms with Crippen LogP contribution >= 0.6 is 0 Å². The van der Waals surface area contributed by atoms with Gasteiger partial charge >= 0.3 is 0 Å². The Labute approximate surface area is 201 Å². The number of hydrogen-bond donors (Lipinski definition) is 2. The van der Waals surface area contributed by atoms with Crippen molar-refractivity contribution in [3.63, 3.8) is 0 Å². The standard InChI is InChI=1S/C26H34N4O4/c1-2-34-24-14-7-6-12-22(24)20-28-29-26(32)23(30-16-18-33-19-17-30)13-8-9-15-27-25(31)21-10-4-3-5-11-21/h3-7,10-12,14,20,23H,2,8-9,13,15-19H2,1H3,(H,27,31)(H,29,32)/b28-20+/t23-/m0/s1. The second-order valence-corrected chi connectivity index (χ2v) is 7.99. The Morgan fingerprint density at radius 2 is 1.82 bits per heavy atom. The van der Waals surface area contributed by atoms with Gasteiger partial charge in [0.1, 0.15) is 5.75 Å². The number of rotatable bonds is 12. The second kappa shape index (κ2) is 14.1. The third-order valence-electron chi connectivity index (χ3n) is 5.61. The number of para-hydroxylation sites is 1. The predicted octanol–water partition coefficient (Wildman–Crippen LogP) is 2.84. The number of amides is 2. The molecule has 2 aromatic rings. The molecule has 1 aliphatic rings. The van der Waals surface area contributed by atoms with E-state index in [9.17, 15) is 9.59 Å². The summed E-state index contributed by atoms with van der Waals surface area (Å²) in [5, 5.41) is 7.12. The predicted molar refractivity (Wildman–Crippen MR) is 132 cm³/mol. The highest BCUT2D eigenvalue weighted by Gasteiger charge is 2.26. The lowest BCUT2D eigenvalue weighted by Crippen LogP contribution is -2.50. The minimum absolute atomic E-state index is 0.0789. The Bertz CT molecular complexity index is 929. The molecule has 0 aromatic heterocycles. The van der Waals surface area contributed by atoms with Gasteiger partial charge in [-0.05, 0) is 50.5 Å². The van der Waals surface area contributed by atoms with Crippen LogP contribution in [0, 0.1) is 0 Å². The molecule has 0 bridgehead atoms. The summed E-state index contributed by atoms with van der Waals surface area (Å²) in [6, 6.07) is 16.4. The zero-order chi connectivity index (χ0) is 24.0. The molecule has 182 valence electrons. The van der Waals surface area contributed by atoms with Crippen molar-refractivity contribution >= 4 is 18.0 Å². The summed E-state index contributed by atoms with van der Waals surface area (Å²) in [6.07, 6.45) is 3.88. The topological polar surface area (TPSA) is 92.3 Å². The van der Waals surface area contributed by atoms with Gasteiger partial charge in [0.05, 0.1) is 32.1 Å². The lowest BCUT2D eigenvalue weighted by molar-refractivity contribution is -0.128. The number of ether oxygens (including phenoxy) is 2. The largest absolute Gasteiger partial charge is 0.493 e. The zero-order valence-corrected chi connectivity index (χ0v) is 19.7. The SMILES string of the molecule is CCOc1ccccc1/C=N/NC(=O)[C@H](CCCCNC(=O)c1ccccc1)N1CCOCC1. The van der Waals surface area contributed by atoms with E-state index in [0.717, 1.165) is 24.2 Å². The smallest absolute Gasteiger partial charge is 0.257 e. The normalized spacial score (nSPS) is 15.1. The minimum atomic E-state index is -0.298. The summed E-state index contributed by atoms with van der Waals surface area (Å²) in [6.45, 7) is 5.69. The van der Waals surface area contributed by atoms with E-state index in [1.165, 1.54) is 0 Å². The number of nitrogens with one attached hydrogen (secondary N) is 2. The fraction of sp³-hybridized carbons (Fsp3) is 0.423.